The van der Waals surface area contributed by atoms with Crippen LogP contribution < -0.4 is 10.6 Å². The monoisotopic (exact) mass is 531 g/mol. The van der Waals surface area contributed by atoms with Gasteiger partial charge in [-0.05, 0) is 42.8 Å². The molecule has 1 amide bonds. The van der Waals surface area contributed by atoms with E-state index in [2.05, 4.69) is 30.8 Å². The summed E-state index contributed by atoms with van der Waals surface area (Å²) in [6, 6.07) is 8.39. The van der Waals surface area contributed by atoms with E-state index >= 15 is 0 Å². The molecule has 0 unspecified atom stereocenters. The summed E-state index contributed by atoms with van der Waals surface area (Å²) in [5.74, 6) is -2.60. The van der Waals surface area contributed by atoms with Gasteiger partial charge >= 0.3 is 6.18 Å². The van der Waals surface area contributed by atoms with Crippen LogP contribution in [0.5, 0.6) is 0 Å². The Bertz CT molecular complexity index is 1510. The number of benzene rings is 2. The zero-order valence-corrected chi connectivity index (χ0v) is 20.1. The number of nitrogens with one attached hydrogen (secondary N) is 2. The Kier molecular flexibility index (Phi) is 6.80. The third-order valence-corrected chi connectivity index (χ3v) is 6.28. The fourth-order valence-electron chi connectivity index (χ4n) is 4.38. The van der Waals surface area contributed by atoms with Crippen molar-refractivity contribution in [3.05, 3.63) is 76.6 Å². The van der Waals surface area contributed by atoms with E-state index in [0.717, 1.165) is 54.6 Å². The zero-order valence-electron chi connectivity index (χ0n) is 20.1. The molecule has 1 aliphatic rings. The molecule has 0 bridgehead atoms. The highest BCUT2D eigenvalue weighted by Crippen LogP contribution is 2.34. The number of rotatable bonds is 5. The Morgan fingerprint density at radius 3 is 2.58 bits per heavy atom. The van der Waals surface area contributed by atoms with Crippen LogP contribution in [0.2, 0.25) is 0 Å². The lowest BCUT2D eigenvalue weighted by molar-refractivity contribution is -0.137. The van der Waals surface area contributed by atoms with Crippen LogP contribution in [0.3, 0.4) is 0 Å². The van der Waals surface area contributed by atoms with Crippen LogP contribution in [0.1, 0.15) is 27.3 Å². The predicted octanol–water partition coefficient (Wildman–Crippen LogP) is 4.08. The maximum absolute atomic E-state index is 15.0. The molecule has 0 aliphatic carbocycles. The Labute approximate surface area is 213 Å². The lowest BCUT2D eigenvalue weighted by Gasteiger charge is -2.27. The number of hydrogen-bond donors (Lipinski definition) is 2. The van der Waals surface area contributed by atoms with Gasteiger partial charge in [-0.3, -0.25) is 9.69 Å². The average Bonchev–Trinajstić information content (AvgIpc) is 3.26. The van der Waals surface area contributed by atoms with E-state index in [4.69, 9.17) is 0 Å². The van der Waals surface area contributed by atoms with E-state index in [1.807, 2.05) is 6.07 Å². The van der Waals surface area contributed by atoms with Crippen molar-refractivity contribution in [2.75, 3.05) is 31.5 Å². The highest BCUT2D eigenvalue weighted by atomic mass is 19.4. The molecule has 8 nitrogen and oxygen atoms in total. The molecule has 2 aromatic carbocycles. The molecule has 2 N–H and O–H groups in total. The lowest BCUT2D eigenvalue weighted by Crippen LogP contribution is -2.42. The summed E-state index contributed by atoms with van der Waals surface area (Å²) in [5, 5.41) is 13.4. The van der Waals surface area contributed by atoms with Gasteiger partial charge in [0.1, 0.15) is 17.5 Å². The summed E-state index contributed by atoms with van der Waals surface area (Å²) in [4.78, 5) is 19.4. The minimum absolute atomic E-state index is 0.0292. The van der Waals surface area contributed by atoms with Crippen LogP contribution in [0, 0.1) is 18.6 Å². The number of hydrogen-bond acceptors (Lipinski definition) is 6. The van der Waals surface area contributed by atoms with E-state index in [1.54, 1.807) is 12.1 Å². The van der Waals surface area contributed by atoms with Crippen LogP contribution in [-0.4, -0.2) is 57.0 Å². The molecule has 198 valence electrons. The highest BCUT2D eigenvalue weighted by molar-refractivity contribution is 6.03. The van der Waals surface area contributed by atoms with Crippen molar-refractivity contribution in [3.8, 4) is 5.69 Å². The van der Waals surface area contributed by atoms with Gasteiger partial charge in [-0.1, -0.05) is 11.3 Å². The number of amides is 1. The summed E-state index contributed by atoms with van der Waals surface area (Å²) < 4.78 is 69.6. The van der Waals surface area contributed by atoms with Gasteiger partial charge in [0.2, 0.25) is 0 Å². The predicted molar refractivity (Wildman–Crippen MR) is 129 cm³/mol. The molecule has 0 spiro atoms. The van der Waals surface area contributed by atoms with Crippen molar-refractivity contribution >= 4 is 22.6 Å². The Morgan fingerprint density at radius 2 is 1.84 bits per heavy atom. The number of aromatic nitrogens is 4. The summed E-state index contributed by atoms with van der Waals surface area (Å²) in [5.41, 5.74) is -0.829. The molecule has 13 heteroatoms. The smallest absolute Gasteiger partial charge is 0.314 e. The van der Waals surface area contributed by atoms with Gasteiger partial charge in [0, 0.05) is 44.2 Å². The number of anilines is 1. The molecular formula is C25H22F5N7O. The van der Waals surface area contributed by atoms with Crippen molar-refractivity contribution in [2.24, 2.45) is 0 Å². The van der Waals surface area contributed by atoms with Crippen molar-refractivity contribution in [1.82, 2.24) is 30.2 Å². The number of fused-ring (bicyclic) bond motifs is 1. The summed E-state index contributed by atoms with van der Waals surface area (Å²) in [7, 11) is 0. The molecular weight excluding hydrogens is 509 g/mol. The molecule has 1 saturated heterocycles. The maximum atomic E-state index is 15.0. The van der Waals surface area contributed by atoms with Gasteiger partial charge in [0.15, 0.2) is 5.69 Å². The summed E-state index contributed by atoms with van der Waals surface area (Å²) >= 11 is 0. The van der Waals surface area contributed by atoms with Gasteiger partial charge < -0.3 is 10.6 Å². The largest absolute Gasteiger partial charge is 0.418 e. The second-order valence-corrected chi connectivity index (χ2v) is 8.92. The number of alkyl halides is 3. The molecule has 0 radical (unpaired) electrons. The van der Waals surface area contributed by atoms with Crippen LogP contribution in [0.15, 0.2) is 42.5 Å². The number of nitrogens with zero attached hydrogens (tertiary/aromatic N) is 5. The van der Waals surface area contributed by atoms with Gasteiger partial charge in [0.05, 0.1) is 22.5 Å². The van der Waals surface area contributed by atoms with Crippen molar-refractivity contribution in [2.45, 2.75) is 19.6 Å². The molecule has 1 aliphatic heterocycles. The molecule has 38 heavy (non-hydrogen) atoms. The normalized spacial score (nSPS) is 14.7. The lowest BCUT2D eigenvalue weighted by atomic mass is 10.1. The topological polar surface area (TPSA) is 88.0 Å². The molecule has 4 aromatic rings. The van der Waals surface area contributed by atoms with E-state index in [-0.39, 0.29) is 17.2 Å². The fourth-order valence-corrected chi connectivity index (χ4v) is 4.38. The van der Waals surface area contributed by atoms with Crippen LogP contribution >= 0.6 is 0 Å². The van der Waals surface area contributed by atoms with Crippen molar-refractivity contribution < 1.29 is 26.7 Å². The van der Waals surface area contributed by atoms with Gasteiger partial charge in [-0.15, -0.1) is 5.10 Å². The minimum Gasteiger partial charge on any atom is -0.314 e. The summed E-state index contributed by atoms with van der Waals surface area (Å²) in [6.07, 6.45) is -4.87. The quantitative estimate of drug-likeness (QED) is 0.378. The first-order chi connectivity index (χ1) is 18.1. The third-order valence-electron chi connectivity index (χ3n) is 6.28. The fraction of sp³-hybridized carbons (Fsp3) is 0.280. The number of carbonyl (C=O) groups is 1. The second-order valence-electron chi connectivity index (χ2n) is 8.92. The molecule has 5 rings (SSSR count). The first-order valence-electron chi connectivity index (χ1n) is 11.7. The maximum Gasteiger partial charge on any atom is 0.418 e. The van der Waals surface area contributed by atoms with E-state index in [9.17, 15) is 26.7 Å². The molecule has 0 saturated carbocycles. The standard InChI is InChI=1S/C25H22F5N7O/c1-14-23(34-35-37(14)21-5-3-16(26)11-18(21)25(28,29)30)24(38)33-22-12-19(27)17-10-15(2-4-20(17)32-22)13-36-8-6-31-7-9-36/h2-5,10-12,31H,6-9,13H2,1H3,(H,32,33,38). The molecule has 1 fully saturated rings. The van der Waals surface area contributed by atoms with Gasteiger partial charge in [-0.2, -0.15) is 13.2 Å². The molecule has 3 heterocycles. The van der Waals surface area contributed by atoms with Crippen LogP contribution in [0.25, 0.3) is 16.6 Å². The van der Waals surface area contributed by atoms with Crippen LogP contribution in [0.4, 0.5) is 27.8 Å². The van der Waals surface area contributed by atoms with E-state index in [0.29, 0.717) is 23.5 Å². The van der Waals surface area contributed by atoms with Gasteiger partial charge in [0.25, 0.3) is 5.91 Å². The highest BCUT2D eigenvalue weighted by Gasteiger charge is 2.35. The second kappa shape index (κ2) is 10.1. The average molecular weight is 531 g/mol. The number of carbonyl (C=O) groups excluding carboxylic acids is 1. The van der Waals surface area contributed by atoms with Crippen molar-refractivity contribution in [3.63, 3.8) is 0 Å². The Balaban J connectivity index is 1.38. The SMILES string of the molecule is Cc1c(C(=O)Nc2cc(F)c3cc(CN4CCNCC4)ccc3n2)nnn1-c1ccc(F)cc1C(F)(F)F. The Morgan fingerprint density at radius 1 is 1.08 bits per heavy atom. The number of pyridine rings is 1. The third kappa shape index (κ3) is 5.20. The van der Waals surface area contributed by atoms with Crippen LogP contribution in [-0.2, 0) is 12.7 Å². The first kappa shape index (κ1) is 25.7. The van der Waals surface area contributed by atoms with Crippen molar-refractivity contribution in [1.29, 1.82) is 0 Å². The number of halogens is 5. The number of piperazine rings is 1. The minimum atomic E-state index is -4.87. The summed E-state index contributed by atoms with van der Waals surface area (Å²) in [6.45, 7) is 5.60. The molecule has 0 atom stereocenters. The Hall–Kier alpha value is -3.97. The van der Waals surface area contributed by atoms with E-state index < -0.39 is 35.0 Å². The van der Waals surface area contributed by atoms with E-state index in [1.165, 1.54) is 6.92 Å². The molecule has 2 aromatic heterocycles. The first-order valence-corrected chi connectivity index (χ1v) is 11.7. The zero-order chi connectivity index (χ0) is 27.0. The van der Waals surface area contributed by atoms with Gasteiger partial charge in [-0.25, -0.2) is 18.4 Å².